The van der Waals surface area contributed by atoms with Gasteiger partial charge < -0.3 is 9.80 Å². The van der Waals surface area contributed by atoms with E-state index in [0.717, 1.165) is 12.0 Å². The zero-order valence-corrected chi connectivity index (χ0v) is 9.58. The third kappa shape index (κ3) is 3.65. The molecule has 0 saturated heterocycles. The van der Waals surface area contributed by atoms with Gasteiger partial charge in [-0.3, -0.25) is 0 Å². The van der Waals surface area contributed by atoms with Crippen LogP contribution in [0.2, 0.25) is 0 Å². The van der Waals surface area contributed by atoms with Crippen molar-refractivity contribution in [3.05, 3.63) is 0 Å². The highest BCUT2D eigenvalue weighted by atomic mass is 15.1. The van der Waals surface area contributed by atoms with Gasteiger partial charge in [0.25, 0.3) is 0 Å². The summed E-state index contributed by atoms with van der Waals surface area (Å²) < 4.78 is 0. The molecule has 2 heteroatoms. The summed E-state index contributed by atoms with van der Waals surface area (Å²) in [5, 5.41) is 0. The van der Waals surface area contributed by atoms with Crippen LogP contribution in [-0.4, -0.2) is 50.6 Å². The van der Waals surface area contributed by atoms with Crippen LogP contribution in [0.5, 0.6) is 0 Å². The van der Waals surface area contributed by atoms with Gasteiger partial charge >= 0.3 is 0 Å². The van der Waals surface area contributed by atoms with E-state index in [0.29, 0.717) is 0 Å². The van der Waals surface area contributed by atoms with Crippen molar-refractivity contribution in [2.24, 2.45) is 5.92 Å². The molecule has 0 radical (unpaired) electrons. The monoisotopic (exact) mass is 184 g/mol. The van der Waals surface area contributed by atoms with Crippen molar-refractivity contribution in [3.8, 4) is 0 Å². The maximum Gasteiger partial charge on any atom is 0.00922 e. The van der Waals surface area contributed by atoms with E-state index in [1.807, 2.05) is 0 Å². The third-order valence-corrected chi connectivity index (χ3v) is 3.11. The van der Waals surface area contributed by atoms with Gasteiger partial charge in [-0.15, -0.1) is 0 Å². The van der Waals surface area contributed by atoms with Crippen LogP contribution in [0.4, 0.5) is 0 Å². The fraction of sp³-hybridized carbons (Fsp3) is 1.00. The van der Waals surface area contributed by atoms with Gasteiger partial charge in [0.05, 0.1) is 0 Å². The van der Waals surface area contributed by atoms with E-state index < -0.39 is 0 Å². The highest BCUT2D eigenvalue weighted by Gasteiger charge is 2.23. The Morgan fingerprint density at radius 1 is 1.08 bits per heavy atom. The maximum atomic E-state index is 2.39. The highest BCUT2D eigenvalue weighted by Crippen LogP contribution is 2.26. The number of rotatable bonds is 3. The van der Waals surface area contributed by atoms with Gasteiger partial charge in [-0.2, -0.15) is 0 Å². The average molecular weight is 184 g/mol. The summed E-state index contributed by atoms with van der Waals surface area (Å²) in [6.07, 6.45) is 5.64. The molecule has 1 saturated carbocycles. The lowest BCUT2D eigenvalue weighted by Crippen LogP contribution is -2.36. The molecule has 0 aliphatic heterocycles. The Balaban J connectivity index is 2.33. The molecule has 0 heterocycles. The molecule has 0 bridgehead atoms. The third-order valence-electron chi connectivity index (χ3n) is 3.11. The lowest BCUT2D eigenvalue weighted by atomic mass is 9.85. The van der Waals surface area contributed by atoms with Crippen LogP contribution in [-0.2, 0) is 0 Å². The Labute approximate surface area is 82.9 Å². The molecule has 0 N–H and O–H groups in total. The zero-order chi connectivity index (χ0) is 9.84. The van der Waals surface area contributed by atoms with Gasteiger partial charge in [-0.05, 0) is 53.4 Å². The summed E-state index contributed by atoms with van der Waals surface area (Å²) in [6, 6.07) is 0.832. The number of hydrogen-bond acceptors (Lipinski definition) is 2. The van der Waals surface area contributed by atoms with E-state index in [9.17, 15) is 0 Å². The number of hydrogen-bond donors (Lipinski definition) is 0. The molecule has 78 valence electrons. The Morgan fingerprint density at radius 3 is 2.31 bits per heavy atom. The van der Waals surface area contributed by atoms with Crippen molar-refractivity contribution in [1.29, 1.82) is 0 Å². The molecule has 0 aromatic carbocycles. The lowest BCUT2D eigenvalue weighted by Gasteiger charge is -2.34. The molecule has 2 nitrogen and oxygen atoms in total. The van der Waals surface area contributed by atoms with Gasteiger partial charge in [0.1, 0.15) is 0 Å². The van der Waals surface area contributed by atoms with Crippen molar-refractivity contribution in [2.45, 2.75) is 31.7 Å². The summed E-state index contributed by atoms with van der Waals surface area (Å²) in [4.78, 5) is 4.71. The van der Waals surface area contributed by atoms with Gasteiger partial charge in [0, 0.05) is 12.6 Å². The van der Waals surface area contributed by atoms with Gasteiger partial charge in [-0.1, -0.05) is 6.42 Å². The second-order valence-corrected chi connectivity index (χ2v) is 4.91. The van der Waals surface area contributed by atoms with E-state index in [2.05, 4.69) is 38.0 Å². The first-order chi connectivity index (χ1) is 6.09. The maximum absolute atomic E-state index is 2.39. The standard InChI is InChI=1S/C11H24N2/c1-12(2)9-10-6-5-7-11(8-10)13(3)4/h10-11H,5-9H2,1-4H3. The predicted molar refractivity (Wildman–Crippen MR) is 58.0 cm³/mol. The van der Waals surface area contributed by atoms with Crippen LogP contribution in [0.3, 0.4) is 0 Å². The molecule has 1 aliphatic rings. The van der Waals surface area contributed by atoms with E-state index >= 15 is 0 Å². The van der Waals surface area contributed by atoms with Crippen molar-refractivity contribution in [2.75, 3.05) is 34.7 Å². The van der Waals surface area contributed by atoms with Crippen LogP contribution < -0.4 is 0 Å². The Morgan fingerprint density at radius 2 is 1.77 bits per heavy atom. The minimum Gasteiger partial charge on any atom is -0.309 e. The Hall–Kier alpha value is -0.0800. The smallest absolute Gasteiger partial charge is 0.00922 e. The molecule has 1 rings (SSSR count). The van der Waals surface area contributed by atoms with E-state index in [1.54, 1.807) is 0 Å². The van der Waals surface area contributed by atoms with E-state index in [1.165, 1.54) is 32.2 Å². The fourth-order valence-electron chi connectivity index (χ4n) is 2.41. The number of nitrogens with zero attached hydrogens (tertiary/aromatic N) is 2. The lowest BCUT2D eigenvalue weighted by molar-refractivity contribution is 0.163. The van der Waals surface area contributed by atoms with Gasteiger partial charge in [0.15, 0.2) is 0 Å². The second-order valence-electron chi connectivity index (χ2n) is 4.91. The normalized spacial score (nSPS) is 30.0. The van der Waals surface area contributed by atoms with Crippen LogP contribution in [0.1, 0.15) is 25.7 Å². The van der Waals surface area contributed by atoms with E-state index in [4.69, 9.17) is 0 Å². The first kappa shape index (κ1) is 11.0. The Bertz CT molecular complexity index is 143. The van der Waals surface area contributed by atoms with Gasteiger partial charge in [-0.25, -0.2) is 0 Å². The summed E-state index contributed by atoms with van der Waals surface area (Å²) >= 11 is 0. The van der Waals surface area contributed by atoms with Crippen molar-refractivity contribution < 1.29 is 0 Å². The minimum absolute atomic E-state index is 0.832. The molecule has 0 aromatic rings. The quantitative estimate of drug-likeness (QED) is 0.658. The molecule has 0 spiro atoms. The molecular formula is C11H24N2. The molecular weight excluding hydrogens is 160 g/mol. The molecule has 1 aliphatic carbocycles. The SMILES string of the molecule is CN(C)CC1CCCC(N(C)C)C1. The van der Waals surface area contributed by atoms with Crippen LogP contribution in [0.25, 0.3) is 0 Å². The van der Waals surface area contributed by atoms with Crippen molar-refractivity contribution in [1.82, 2.24) is 9.80 Å². The average Bonchev–Trinajstić information content (AvgIpc) is 2.03. The summed E-state index contributed by atoms with van der Waals surface area (Å²) in [5.41, 5.74) is 0. The predicted octanol–water partition coefficient (Wildman–Crippen LogP) is 1.67. The summed E-state index contributed by atoms with van der Waals surface area (Å²) in [7, 11) is 8.78. The van der Waals surface area contributed by atoms with Crippen LogP contribution in [0, 0.1) is 5.92 Å². The van der Waals surface area contributed by atoms with Crippen molar-refractivity contribution in [3.63, 3.8) is 0 Å². The minimum atomic E-state index is 0.832. The first-order valence-electron chi connectivity index (χ1n) is 5.40. The molecule has 13 heavy (non-hydrogen) atoms. The van der Waals surface area contributed by atoms with Crippen LogP contribution in [0.15, 0.2) is 0 Å². The molecule has 2 atom stereocenters. The second kappa shape index (κ2) is 4.97. The van der Waals surface area contributed by atoms with Crippen LogP contribution >= 0.6 is 0 Å². The Kier molecular flexibility index (Phi) is 4.20. The first-order valence-corrected chi connectivity index (χ1v) is 5.40. The summed E-state index contributed by atoms with van der Waals surface area (Å²) in [6.45, 7) is 1.27. The topological polar surface area (TPSA) is 6.48 Å². The van der Waals surface area contributed by atoms with Crippen molar-refractivity contribution >= 4 is 0 Å². The highest BCUT2D eigenvalue weighted by molar-refractivity contribution is 4.78. The molecule has 2 unspecified atom stereocenters. The molecule has 0 aromatic heterocycles. The van der Waals surface area contributed by atoms with Gasteiger partial charge in [0.2, 0.25) is 0 Å². The summed E-state index contributed by atoms with van der Waals surface area (Å²) in [5.74, 6) is 0.927. The largest absolute Gasteiger partial charge is 0.309 e. The zero-order valence-electron chi connectivity index (χ0n) is 9.58. The molecule has 1 fully saturated rings. The molecule has 0 amide bonds. The van der Waals surface area contributed by atoms with E-state index in [-0.39, 0.29) is 0 Å². The fourth-order valence-corrected chi connectivity index (χ4v) is 2.41.